The Bertz CT molecular complexity index is 563. The molecule has 0 aromatic heterocycles. The third kappa shape index (κ3) is 3.53. The van der Waals surface area contributed by atoms with E-state index < -0.39 is 11.7 Å². The van der Waals surface area contributed by atoms with Gasteiger partial charge in [0, 0.05) is 18.1 Å². The Hall–Kier alpha value is -1.62. The minimum absolute atomic E-state index is 0.170. The van der Waals surface area contributed by atoms with Gasteiger partial charge in [-0.2, -0.15) is 0 Å². The zero-order valence-electron chi connectivity index (χ0n) is 12.0. The number of hydrogen-bond donors (Lipinski definition) is 1. The van der Waals surface area contributed by atoms with Gasteiger partial charge in [-0.3, -0.25) is 9.59 Å². The van der Waals surface area contributed by atoms with E-state index in [2.05, 4.69) is 5.32 Å². The smallest absolute Gasteiger partial charge is 0.239 e. The minimum Gasteiger partial charge on any atom is -0.355 e. The third-order valence-corrected chi connectivity index (χ3v) is 3.64. The molecule has 2 rings (SSSR count). The lowest BCUT2D eigenvalue weighted by molar-refractivity contribution is -0.132. The Morgan fingerprint density at radius 3 is 2.86 bits per heavy atom. The third-order valence-electron chi connectivity index (χ3n) is 3.41. The highest BCUT2D eigenvalue weighted by atomic mass is 35.5. The number of carbonyl (C=O) groups excluding carboxylic acids is 2. The van der Waals surface area contributed by atoms with Crippen molar-refractivity contribution in [1.82, 2.24) is 5.32 Å². The van der Waals surface area contributed by atoms with Gasteiger partial charge >= 0.3 is 0 Å². The molecule has 21 heavy (non-hydrogen) atoms. The molecular weight excluding hydrogens is 295 g/mol. The van der Waals surface area contributed by atoms with Crippen LogP contribution in [0.15, 0.2) is 18.2 Å². The summed E-state index contributed by atoms with van der Waals surface area (Å²) in [6.45, 7) is 4.81. The summed E-state index contributed by atoms with van der Waals surface area (Å²) in [5.74, 6) is -1.63. The van der Waals surface area contributed by atoms with Gasteiger partial charge in [0.15, 0.2) is 0 Å². The van der Waals surface area contributed by atoms with Gasteiger partial charge in [0.05, 0.1) is 5.69 Å². The summed E-state index contributed by atoms with van der Waals surface area (Å²) < 4.78 is 13.9. The van der Waals surface area contributed by atoms with Crippen LogP contribution in [0.1, 0.15) is 20.3 Å². The molecule has 4 nitrogen and oxygen atoms in total. The van der Waals surface area contributed by atoms with Gasteiger partial charge in [-0.15, -0.1) is 0 Å². The quantitative estimate of drug-likeness (QED) is 0.869. The summed E-state index contributed by atoms with van der Waals surface area (Å²) in [7, 11) is 0. The zero-order valence-corrected chi connectivity index (χ0v) is 12.8. The fourth-order valence-corrected chi connectivity index (χ4v) is 2.45. The largest absolute Gasteiger partial charge is 0.355 e. The van der Waals surface area contributed by atoms with Gasteiger partial charge in [-0.05, 0) is 30.5 Å². The number of anilines is 1. The predicted octanol–water partition coefficient (Wildman–Crippen LogP) is 2.60. The van der Waals surface area contributed by atoms with Crippen molar-refractivity contribution in [2.75, 3.05) is 18.0 Å². The van der Waals surface area contributed by atoms with E-state index in [0.29, 0.717) is 25.4 Å². The second-order valence-corrected chi connectivity index (χ2v) is 6.00. The van der Waals surface area contributed by atoms with Crippen LogP contribution in [-0.4, -0.2) is 24.9 Å². The Kier molecular flexibility index (Phi) is 4.83. The Morgan fingerprint density at radius 1 is 1.52 bits per heavy atom. The van der Waals surface area contributed by atoms with Crippen LogP contribution in [0.25, 0.3) is 0 Å². The number of nitrogens with zero attached hydrogens (tertiary/aromatic N) is 1. The van der Waals surface area contributed by atoms with E-state index >= 15 is 0 Å². The van der Waals surface area contributed by atoms with E-state index in [9.17, 15) is 14.0 Å². The summed E-state index contributed by atoms with van der Waals surface area (Å²) in [5, 5.41) is 3.02. The molecular formula is C15H18ClFN2O2. The van der Waals surface area contributed by atoms with Gasteiger partial charge in [-0.25, -0.2) is 4.39 Å². The van der Waals surface area contributed by atoms with Crippen LogP contribution < -0.4 is 10.2 Å². The SMILES string of the molecule is CC(C)CNC(=O)C1CCN(c2ccc(Cl)cc2F)C1=O. The summed E-state index contributed by atoms with van der Waals surface area (Å²) in [6.07, 6.45) is 0.394. The molecule has 0 aliphatic carbocycles. The fraction of sp³-hybridized carbons (Fsp3) is 0.467. The second-order valence-electron chi connectivity index (χ2n) is 5.57. The Balaban J connectivity index is 2.09. The van der Waals surface area contributed by atoms with Crippen molar-refractivity contribution in [3.63, 3.8) is 0 Å². The standard InChI is InChI=1S/C15H18ClFN2O2/c1-9(2)8-18-14(20)11-5-6-19(15(11)21)13-4-3-10(16)7-12(13)17/h3-4,7,9,11H,5-6,8H2,1-2H3,(H,18,20). The molecule has 0 spiro atoms. The molecule has 1 aliphatic heterocycles. The van der Waals surface area contributed by atoms with E-state index in [-0.39, 0.29) is 22.5 Å². The molecule has 0 saturated carbocycles. The maximum absolute atomic E-state index is 13.9. The van der Waals surface area contributed by atoms with Crippen molar-refractivity contribution in [3.8, 4) is 0 Å². The number of halogens is 2. The molecule has 1 saturated heterocycles. The molecule has 1 aromatic carbocycles. The fourth-order valence-electron chi connectivity index (χ4n) is 2.29. The lowest BCUT2D eigenvalue weighted by Gasteiger charge is -2.18. The maximum Gasteiger partial charge on any atom is 0.239 e. The first-order valence-electron chi connectivity index (χ1n) is 6.94. The highest BCUT2D eigenvalue weighted by Gasteiger charge is 2.38. The zero-order chi connectivity index (χ0) is 15.6. The Morgan fingerprint density at radius 2 is 2.24 bits per heavy atom. The van der Waals surface area contributed by atoms with Crippen LogP contribution in [0, 0.1) is 17.7 Å². The molecule has 1 fully saturated rings. The highest BCUT2D eigenvalue weighted by Crippen LogP contribution is 2.29. The van der Waals surface area contributed by atoms with Crippen LogP contribution in [0.2, 0.25) is 5.02 Å². The van der Waals surface area contributed by atoms with Crippen LogP contribution in [-0.2, 0) is 9.59 Å². The van der Waals surface area contributed by atoms with Gasteiger partial charge in [0.25, 0.3) is 0 Å². The van der Waals surface area contributed by atoms with Crippen molar-refractivity contribution in [2.24, 2.45) is 11.8 Å². The lowest BCUT2D eigenvalue weighted by Crippen LogP contribution is -2.38. The number of carbonyl (C=O) groups is 2. The van der Waals surface area contributed by atoms with Crippen molar-refractivity contribution in [1.29, 1.82) is 0 Å². The summed E-state index contributed by atoms with van der Waals surface area (Å²) in [5.41, 5.74) is 0.170. The first kappa shape index (κ1) is 15.8. The molecule has 2 amide bonds. The average molecular weight is 313 g/mol. The van der Waals surface area contributed by atoms with Crippen molar-refractivity contribution in [3.05, 3.63) is 29.0 Å². The number of rotatable bonds is 4. The van der Waals surface area contributed by atoms with Crippen LogP contribution in [0.5, 0.6) is 0 Å². The molecule has 1 N–H and O–H groups in total. The first-order valence-corrected chi connectivity index (χ1v) is 7.32. The molecule has 0 bridgehead atoms. The van der Waals surface area contributed by atoms with Crippen molar-refractivity contribution < 1.29 is 14.0 Å². The summed E-state index contributed by atoms with van der Waals surface area (Å²) >= 11 is 5.70. The number of benzene rings is 1. The molecule has 1 aromatic rings. The van der Waals surface area contributed by atoms with Crippen LogP contribution in [0.3, 0.4) is 0 Å². The van der Waals surface area contributed by atoms with E-state index in [1.165, 1.54) is 17.0 Å². The second kappa shape index (κ2) is 6.43. The predicted molar refractivity (Wildman–Crippen MR) is 79.7 cm³/mol. The van der Waals surface area contributed by atoms with E-state index in [1.807, 2.05) is 13.8 Å². The van der Waals surface area contributed by atoms with Gasteiger partial charge in [0.1, 0.15) is 11.7 Å². The maximum atomic E-state index is 13.9. The lowest BCUT2D eigenvalue weighted by atomic mass is 10.1. The molecule has 1 atom stereocenters. The number of amides is 2. The molecule has 1 heterocycles. The van der Waals surface area contributed by atoms with Crippen LogP contribution >= 0.6 is 11.6 Å². The topological polar surface area (TPSA) is 49.4 Å². The van der Waals surface area contributed by atoms with E-state index in [4.69, 9.17) is 11.6 Å². The van der Waals surface area contributed by atoms with Crippen LogP contribution in [0.4, 0.5) is 10.1 Å². The highest BCUT2D eigenvalue weighted by molar-refractivity contribution is 6.30. The normalized spacial score (nSPS) is 18.4. The average Bonchev–Trinajstić information content (AvgIpc) is 2.78. The molecule has 1 unspecified atom stereocenters. The van der Waals surface area contributed by atoms with E-state index in [1.54, 1.807) is 0 Å². The molecule has 0 radical (unpaired) electrons. The monoisotopic (exact) mass is 312 g/mol. The van der Waals surface area contributed by atoms with Gasteiger partial charge in [0.2, 0.25) is 11.8 Å². The molecule has 6 heteroatoms. The number of nitrogens with one attached hydrogen (secondary N) is 1. The summed E-state index contributed by atoms with van der Waals surface area (Å²) in [6, 6.07) is 4.15. The summed E-state index contributed by atoms with van der Waals surface area (Å²) in [4.78, 5) is 25.6. The minimum atomic E-state index is -0.737. The van der Waals surface area contributed by atoms with E-state index in [0.717, 1.165) is 6.07 Å². The first-order chi connectivity index (χ1) is 9.90. The van der Waals surface area contributed by atoms with Crippen molar-refractivity contribution in [2.45, 2.75) is 20.3 Å². The molecule has 114 valence electrons. The Labute approximate surface area is 128 Å². The van der Waals surface area contributed by atoms with Gasteiger partial charge in [-0.1, -0.05) is 25.4 Å². The van der Waals surface area contributed by atoms with Gasteiger partial charge < -0.3 is 10.2 Å². The van der Waals surface area contributed by atoms with Crippen molar-refractivity contribution >= 4 is 29.1 Å². The molecule has 1 aliphatic rings. The number of hydrogen-bond acceptors (Lipinski definition) is 2.